The smallest absolute Gasteiger partial charge is 0.271 e. The highest BCUT2D eigenvalue weighted by molar-refractivity contribution is 6.67. The average molecular weight is 490 g/mol. The van der Waals surface area contributed by atoms with E-state index in [1.165, 1.54) is 4.90 Å². The zero-order valence-electron chi connectivity index (χ0n) is 17.6. The molecule has 1 aliphatic rings. The molecule has 9 N–H and O–H groups in total. The van der Waals surface area contributed by atoms with Crippen LogP contribution >= 0.6 is 24.0 Å². The van der Waals surface area contributed by atoms with Gasteiger partial charge in [-0.1, -0.05) is 24.9 Å². The van der Waals surface area contributed by atoms with Crippen molar-refractivity contribution >= 4 is 46.7 Å². The highest BCUT2D eigenvalue weighted by Crippen LogP contribution is 2.25. The first kappa shape index (κ1) is 27.5. The maximum absolute atomic E-state index is 11.7. The molecule has 178 valence electrons. The molecule has 0 aromatic heterocycles. The Labute approximate surface area is 197 Å². The molecule has 0 aliphatic carbocycles. The summed E-state index contributed by atoms with van der Waals surface area (Å²) >= 11 is 6.07. The van der Waals surface area contributed by atoms with Gasteiger partial charge in [0.05, 0.1) is 6.61 Å². The second kappa shape index (κ2) is 12.5. The molecular weight excluding hydrogens is 461 g/mol. The number of amides is 1. The lowest BCUT2D eigenvalue weighted by Gasteiger charge is -2.38. The zero-order chi connectivity index (χ0) is 23.1. The molecule has 32 heavy (non-hydrogen) atoms. The van der Waals surface area contributed by atoms with Crippen molar-refractivity contribution < 1.29 is 19.7 Å². The zero-order valence-corrected chi connectivity index (χ0v) is 19.1. The number of unbranched alkanes of at least 4 members (excludes halogenated alkanes) is 1. The summed E-state index contributed by atoms with van der Waals surface area (Å²) in [5.74, 6) is -0.658. The summed E-state index contributed by atoms with van der Waals surface area (Å²) in [7, 11) is 0. The standard InChI is InChI=1S/C19H28ClN7O4.ClH/c1-2-3-8-26(11-4-6-13(7-5-11)31-10-12(29)9-28)19(24)27-16(21)14(18(23)30)25-15(20)17(27)22;/h4-7,12,17,24,28-29H,2-3,8-10,21-22H2,1H3,(H2,23,30);1H/t12-,17?;/m0./s1. The number of aliphatic hydroxyl groups excluding tert-OH is 2. The van der Waals surface area contributed by atoms with Crippen molar-refractivity contribution in [3.63, 3.8) is 0 Å². The van der Waals surface area contributed by atoms with E-state index in [9.17, 15) is 9.90 Å². The van der Waals surface area contributed by atoms with Crippen LogP contribution in [0.25, 0.3) is 0 Å². The molecule has 11 nitrogen and oxygen atoms in total. The van der Waals surface area contributed by atoms with Crippen molar-refractivity contribution in [3.05, 3.63) is 35.8 Å². The predicted octanol–water partition coefficient (Wildman–Crippen LogP) is 0.232. The number of primary amides is 1. The van der Waals surface area contributed by atoms with E-state index in [4.69, 9.17) is 44.1 Å². The van der Waals surface area contributed by atoms with E-state index in [-0.39, 0.29) is 41.7 Å². The topological polar surface area (TPSA) is 188 Å². The maximum Gasteiger partial charge on any atom is 0.271 e. The second-order valence-electron chi connectivity index (χ2n) is 6.82. The number of nitrogens with zero attached hydrogens (tertiary/aromatic N) is 3. The first-order valence-corrected chi connectivity index (χ1v) is 10.0. The molecule has 2 rings (SSSR count). The molecule has 1 aromatic rings. The third kappa shape index (κ3) is 6.47. The molecule has 1 aliphatic heterocycles. The molecule has 0 saturated carbocycles. The normalized spacial score (nSPS) is 16.7. The number of halogens is 2. The molecule has 0 radical (unpaired) electrons. The number of aliphatic imine (C=N–C) groups is 1. The Balaban J connectivity index is 0.00000512. The van der Waals surface area contributed by atoms with Gasteiger partial charge in [-0.3, -0.25) is 15.1 Å². The largest absolute Gasteiger partial charge is 0.491 e. The Hall–Kier alpha value is -2.57. The van der Waals surface area contributed by atoms with Crippen LogP contribution in [0.3, 0.4) is 0 Å². The number of guanidine groups is 1. The number of nitrogens with one attached hydrogen (secondary N) is 1. The van der Waals surface area contributed by atoms with Crippen LogP contribution in [0.5, 0.6) is 5.75 Å². The van der Waals surface area contributed by atoms with Crippen LogP contribution in [-0.2, 0) is 4.79 Å². The van der Waals surface area contributed by atoms with Gasteiger partial charge in [0.25, 0.3) is 5.91 Å². The van der Waals surface area contributed by atoms with E-state index in [1.807, 2.05) is 6.92 Å². The van der Waals surface area contributed by atoms with Crippen LogP contribution in [0.2, 0.25) is 0 Å². The van der Waals surface area contributed by atoms with Crippen molar-refractivity contribution in [3.8, 4) is 5.75 Å². The lowest BCUT2D eigenvalue weighted by molar-refractivity contribution is -0.114. The Morgan fingerprint density at radius 3 is 2.56 bits per heavy atom. The summed E-state index contributed by atoms with van der Waals surface area (Å²) in [6.07, 6.45) is -0.393. The van der Waals surface area contributed by atoms with Crippen LogP contribution in [0, 0.1) is 5.41 Å². The number of aliphatic hydroxyl groups is 2. The number of benzene rings is 1. The van der Waals surface area contributed by atoms with Gasteiger partial charge in [0.1, 0.15) is 35.6 Å². The van der Waals surface area contributed by atoms with E-state index in [0.29, 0.717) is 18.0 Å². The molecule has 1 aromatic carbocycles. The molecule has 2 atom stereocenters. The summed E-state index contributed by atoms with van der Waals surface area (Å²) in [5, 5.41) is 26.9. The van der Waals surface area contributed by atoms with Crippen LogP contribution in [-0.4, -0.2) is 64.2 Å². The van der Waals surface area contributed by atoms with Gasteiger partial charge in [0.2, 0.25) is 5.96 Å². The van der Waals surface area contributed by atoms with Gasteiger partial charge >= 0.3 is 0 Å². The minimum absolute atomic E-state index is 0. The summed E-state index contributed by atoms with van der Waals surface area (Å²) in [6, 6.07) is 6.80. The maximum atomic E-state index is 11.7. The van der Waals surface area contributed by atoms with Crippen LogP contribution in [0.1, 0.15) is 19.8 Å². The van der Waals surface area contributed by atoms with Gasteiger partial charge < -0.3 is 37.1 Å². The summed E-state index contributed by atoms with van der Waals surface area (Å²) in [4.78, 5) is 18.4. The van der Waals surface area contributed by atoms with Gasteiger partial charge in [-0.05, 0) is 30.7 Å². The SMILES string of the molecule is CCCCN(C(=N)N1C(N)=C(C(N)=O)N=C(Cl)C1N)c1ccc(OC[C@@H](O)CO)cc1.Cl. The minimum Gasteiger partial charge on any atom is -0.491 e. The van der Waals surface area contributed by atoms with Gasteiger partial charge in [0, 0.05) is 12.2 Å². The number of anilines is 1. The third-order valence-corrected chi connectivity index (χ3v) is 4.81. The fraction of sp³-hybridized carbons (Fsp3) is 0.421. The Kier molecular flexibility index (Phi) is 10.7. The number of hydrogen-bond donors (Lipinski definition) is 6. The number of rotatable bonds is 9. The Morgan fingerprint density at radius 1 is 1.41 bits per heavy atom. The first-order valence-electron chi connectivity index (χ1n) is 9.67. The molecule has 0 bridgehead atoms. The average Bonchev–Trinajstić information content (AvgIpc) is 2.75. The first-order chi connectivity index (χ1) is 14.7. The molecule has 1 amide bonds. The van der Waals surface area contributed by atoms with Gasteiger partial charge in [0.15, 0.2) is 5.70 Å². The molecular formula is C19H29Cl2N7O4. The number of carbonyl (C=O) groups is 1. The summed E-state index contributed by atoms with van der Waals surface area (Å²) in [6.45, 7) is 2.03. The van der Waals surface area contributed by atoms with Crippen LogP contribution in [0.4, 0.5) is 5.69 Å². The van der Waals surface area contributed by atoms with Crippen LogP contribution < -0.4 is 26.8 Å². The highest BCUT2D eigenvalue weighted by atomic mass is 35.5. The molecule has 0 fully saturated rings. The lowest BCUT2D eigenvalue weighted by atomic mass is 10.2. The van der Waals surface area contributed by atoms with E-state index < -0.39 is 24.8 Å². The Bertz CT molecular complexity index is 864. The van der Waals surface area contributed by atoms with Crippen LogP contribution in [0.15, 0.2) is 40.8 Å². The number of ether oxygens (including phenoxy) is 1. The Morgan fingerprint density at radius 2 is 2.03 bits per heavy atom. The minimum atomic E-state index is -1.05. The van der Waals surface area contributed by atoms with E-state index in [1.54, 1.807) is 29.2 Å². The van der Waals surface area contributed by atoms with Crippen molar-refractivity contribution in [2.24, 2.45) is 22.2 Å². The quantitative estimate of drug-likeness (QED) is 0.210. The second-order valence-corrected chi connectivity index (χ2v) is 7.20. The fourth-order valence-corrected chi connectivity index (χ4v) is 2.98. The molecule has 0 saturated heterocycles. The van der Waals surface area contributed by atoms with E-state index in [2.05, 4.69) is 4.99 Å². The van der Waals surface area contributed by atoms with Crippen molar-refractivity contribution in [1.29, 1.82) is 5.41 Å². The predicted molar refractivity (Wildman–Crippen MR) is 126 cm³/mol. The van der Waals surface area contributed by atoms with Gasteiger partial charge in [-0.15, -0.1) is 12.4 Å². The monoisotopic (exact) mass is 489 g/mol. The fourth-order valence-electron chi connectivity index (χ4n) is 2.80. The summed E-state index contributed by atoms with van der Waals surface area (Å²) < 4.78 is 5.42. The van der Waals surface area contributed by atoms with Crippen molar-refractivity contribution in [2.75, 3.05) is 24.7 Å². The summed E-state index contributed by atoms with van der Waals surface area (Å²) in [5.41, 5.74) is 17.9. The third-order valence-electron chi connectivity index (χ3n) is 4.50. The van der Waals surface area contributed by atoms with Crippen molar-refractivity contribution in [2.45, 2.75) is 32.0 Å². The van der Waals surface area contributed by atoms with E-state index in [0.717, 1.165) is 12.8 Å². The molecule has 0 spiro atoms. The number of hydrogen-bond acceptors (Lipinski definition) is 8. The van der Waals surface area contributed by atoms with Gasteiger partial charge in [-0.2, -0.15) is 0 Å². The molecule has 1 unspecified atom stereocenters. The lowest BCUT2D eigenvalue weighted by Crippen LogP contribution is -2.57. The van der Waals surface area contributed by atoms with Crippen molar-refractivity contribution in [1.82, 2.24) is 4.90 Å². The van der Waals surface area contributed by atoms with Gasteiger partial charge in [-0.25, -0.2) is 4.99 Å². The number of nitrogens with two attached hydrogens (primary N) is 3. The molecule has 1 heterocycles. The number of carbonyl (C=O) groups excluding carboxylic acids is 1. The van der Waals surface area contributed by atoms with E-state index >= 15 is 0 Å². The molecule has 13 heteroatoms. The highest BCUT2D eigenvalue weighted by Gasteiger charge is 2.34.